The molecule has 76 valence electrons. The SMILES string of the molecule is CC1CCC(/N=N/C(C)(C)Cl)CC1. The van der Waals surface area contributed by atoms with Crippen LogP contribution in [-0.2, 0) is 0 Å². The first kappa shape index (κ1) is 11.0. The number of azo groups is 1. The summed E-state index contributed by atoms with van der Waals surface area (Å²) in [4.78, 5) is -0.525. The lowest BCUT2D eigenvalue weighted by atomic mass is 9.88. The molecule has 0 bridgehead atoms. The third kappa shape index (κ3) is 4.61. The Hall–Kier alpha value is -0.110. The summed E-state index contributed by atoms with van der Waals surface area (Å²) >= 11 is 5.92. The maximum absolute atomic E-state index is 5.92. The van der Waals surface area contributed by atoms with Gasteiger partial charge in [0.05, 0.1) is 6.04 Å². The highest BCUT2D eigenvalue weighted by atomic mass is 35.5. The van der Waals surface area contributed by atoms with Crippen LogP contribution in [-0.4, -0.2) is 11.0 Å². The van der Waals surface area contributed by atoms with E-state index in [2.05, 4.69) is 17.2 Å². The van der Waals surface area contributed by atoms with Crippen LogP contribution in [0.2, 0.25) is 0 Å². The molecule has 1 rings (SSSR count). The van der Waals surface area contributed by atoms with Gasteiger partial charge in [0.15, 0.2) is 0 Å². The fraction of sp³-hybridized carbons (Fsp3) is 1.00. The Balaban J connectivity index is 2.34. The van der Waals surface area contributed by atoms with Crippen molar-refractivity contribution in [2.24, 2.45) is 16.1 Å². The highest BCUT2D eigenvalue weighted by Crippen LogP contribution is 2.26. The monoisotopic (exact) mass is 202 g/mol. The van der Waals surface area contributed by atoms with Crippen molar-refractivity contribution in [3.05, 3.63) is 0 Å². The molecule has 1 aliphatic rings. The minimum Gasteiger partial charge on any atom is -0.189 e. The zero-order valence-electron chi connectivity index (χ0n) is 8.76. The van der Waals surface area contributed by atoms with Crippen molar-refractivity contribution in [3.8, 4) is 0 Å². The predicted octanol–water partition coefficient (Wildman–Crippen LogP) is 3.99. The molecule has 0 amide bonds. The summed E-state index contributed by atoms with van der Waals surface area (Å²) in [5.41, 5.74) is 0. The van der Waals surface area contributed by atoms with Crippen LogP contribution in [0.5, 0.6) is 0 Å². The summed E-state index contributed by atoms with van der Waals surface area (Å²) in [6.45, 7) is 6.03. The van der Waals surface area contributed by atoms with E-state index in [-0.39, 0.29) is 0 Å². The molecule has 0 heterocycles. The van der Waals surface area contributed by atoms with Crippen molar-refractivity contribution in [1.29, 1.82) is 0 Å². The van der Waals surface area contributed by atoms with Crippen molar-refractivity contribution < 1.29 is 0 Å². The zero-order valence-corrected chi connectivity index (χ0v) is 9.51. The van der Waals surface area contributed by atoms with E-state index in [1.807, 2.05) is 13.8 Å². The number of hydrogen-bond acceptors (Lipinski definition) is 2. The van der Waals surface area contributed by atoms with Crippen molar-refractivity contribution >= 4 is 11.6 Å². The molecule has 0 saturated heterocycles. The Bertz CT molecular complexity index is 176. The molecule has 3 heteroatoms. The molecule has 0 N–H and O–H groups in total. The maximum Gasteiger partial charge on any atom is 0.149 e. The van der Waals surface area contributed by atoms with Crippen LogP contribution >= 0.6 is 11.6 Å². The molecule has 0 radical (unpaired) electrons. The summed E-state index contributed by atoms with van der Waals surface area (Å²) in [5.74, 6) is 0.871. The summed E-state index contributed by atoms with van der Waals surface area (Å²) in [7, 11) is 0. The van der Waals surface area contributed by atoms with Crippen LogP contribution in [0.25, 0.3) is 0 Å². The van der Waals surface area contributed by atoms with Gasteiger partial charge in [0.1, 0.15) is 5.00 Å². The Morgan fingerprint density at radius 2 is 1.69 bits per heavy atom. The number of alkyl halides is 1. The number of rotatable bonds is 2. The van der Waals surface area contributed by atoms with Crippen LogP contribution in [0.15, 0.2) is 10.2 Å². The first-order valence-corrected chi connectivity index (χ1v) is 5.46. The topological polar surface area (TPSA) is 24.7 Å². The highest BCUT2D eigenvalue weighted by molar-refractivity contribution is 6.23. The van der Waals surface area contributed by atoms with Gasteiger partial charge in [0, 0.05) is 0 Å². The van der Waals surface area contributed by atoms with E-state index in [4.69, 9.17) is 11.6 Å². The lowest BCUT2D eigenvalue weighted by Crippen LogP contribution is -2.16. The van der Waals surface area contributed by atoms with E-state index in [9.17, 15) is 0 Å². The lowest BCUT2D eigenvalue weighted by molar-refractivity contribution is 0.338. The second kappa shape index (κ2) is 4.41. The summed E-state index contributed by atoms with van der Waals surface area (Å²) in [5, 5.41) is 8.38. The molecular formula is C10H19ClN2. The molecule has 1 aliphatic carbocycles. The smallest absolute Gasteiger partial charge is 0.149 e. The Morgan fingerprint density at radius 1 is 1.15 bits per heavy atom. The van der Waals surface area contributed by atoms with E-state index in [1.54, 1.807) is 0 Å². The molecule has 13 heavy (non-hydrogen) atoms. The van der Waals surface area contributed by atoms with Gasteiger partial charge in [0.25, 0.3) is 0 Å². The summed E-state index contributed by atoms with van der Waals surface area (Å²) < 4.78 is 0. The van der Waals surface area contributed by atoms with Gasteiger partial charge in [-0.15, -0.1) is 0 Å². The van der Waals surface area contributed by atoms with Crippen LogP contribution in [0.3, 0.4) is 0 Å². The normalized spacial score (nSPS) is 31.1. The molecule has 1 fully saturated rings. The van der Waals surface area contributed by atoms with Gasteiger partial charge in [0.2, 0.25) is 0 Å². The fourth-order valence-corrected chi connectivity index (χ4v) is 1.62. The largest absolute Gasteiger partial charge is 0.189 e. The fourth-order valence-electron chi connectivity index (χ4n) is 1.58. The van der Waals surface area contributed by atoms with E-state index < -0.39 is 5.00 Å². The van der Waals surface area contributed by atoms with E-state index in [1.165, 1.54) is 25.7 Å². The molecule has 0 unspecified atom stereocenters. The highest BCUT2D eigenvalue weighted by Gasteiger charge is 2.18. The Kier molecular flexibility index (Phi) is 3.72. The molecule has 0 atom stereocenters. The average Bonchev–Trinajstić information content (AvgIpc) is 2.02. The van der Waals surface area contributed by atoms with Crippen molar-refractivity contribution in [2.45, 2.75) is 57.5 Å². The van der Waals surface area contributed by atoms with E-state index >= 15 is 0 Å². The molecule has 0 spiro atoms. The first-order valence-electron chi connectivity index (χ1n) is 5.08. The lowest BCUT2D eigenvalue weighted by Gasteiger charge is -2.22. The number of halogens is 1. The molecule has 0 aromatic carbocycles. The molecule has 2 nitrogen and oxygen atoms in total. The maximum atomic E-state index is 5.92. The Labute approximate surface area is 85.8 Å². The molecule has 0 aromatic rings. The number of hydrogen-bond donors (Lipinski definition) is 0. The standard InChI is InChI=1S/C10H19ClN2/c1-8-4-6-9(7-5-8)12-13-10(2,3)11/h8-9H,4-7H2,1-3H3/b13-12+. The van der Waals surface area contributed by atoms with Gasteiger partial charge < -0.3 is 0 Å². The summed E-state index contributed by atoms with van der Waals surface area (Å²) in [6.07, 6.45) is 4.92. The van der Waals surface area contributed by atoms with E-state index in [0.717, 1.165) is 5.92 Å². The molecular weight excluding hydrogens is 184 g/mol. The van der Waals surface area contributed by atoms with Gasteiger partial charge in [-0.25, -0.2) is 0 Å². The quantitative estimate of drug-likeness (QED) is 0.368. The zero-order chi connectivity index (χ0) is 9.90. The van der Waals surface area contributed by atoms with Crippen LogP contribution < -0.4 is 0 Å². The van der Waals surface area contributed by atoms with Gasteiger partial charge >= 0.3 is 0 Å². The Morgan fingerprint density at radius 3 is 2.15 bits per heavy atom. The van der Waals surface area contributed by atoms with Crippen LogP contribution in [0.4, 0.5) is 0 Å². The molecule has 0 aromatic heterocycles. The molecule has 0 aliphatic heterocycles. The third-order valence-electron chi connectivity index (χ3n) is 2.44. The summed E-state index contributed by atoms with van der Waals surface area (Å²) in [6, 6.07) is 0.425. The van der Waals surface area contributed by atoms with Gasteiger partial charge in [-0.1, -0.05) is 18.5 Å². The van der Waals surface area contributed by atoms with Gasteiger partial charge in [-0.2, -0.15) is 10.2 Å². The van der Waals surface area contributed by atoms with Crippen molar-refractivity contribution in [2.75, 3.05) is 0 Å². The minimum atomic E-state index is -0.525. The predicted molar refractivity (Wildman–Crippen MR) is 56.2 cm³/mol. The average molecular weight is 203 g/mol. The van der Waals surface area contributed by atoms with Crippen molar-refractivity contribution in [3.63, 3.8) is 0 Å². The van der Waals surface area contributed by atoms with Gasteiger partial charge in [-0.3, -0.25) is 0 Å². The molecule has 1 saturated carbocycles. The van der Waals surface area contributed by atoms with Crippen LogP contribution in [0.1, 0.15) is 46.5 Å². The second-order valence-corrected chi connectivity index (χ2v) is 5.46. The van der Waals surface area contributed by atoms with E-state index in [0.29, 0.717) is 6.04 Å². The minimum absolute atomic E-state index is 0.425. The van der Waals surface area contributed by atoms with Gasteiger partial charge in [-0.05, 0) is 45.4 Å². The van der Waals surface area contributed by atoms with Crippen LogP contribution in [0, 0.1) is 5.92 Å². The second-order valence-electron chi connectivity index (χ2n) is 4.54. The first-order chi connectivity index (χ1) is 5.97. The number of nitrogens with zero attached hydrogens (tertiary/aromatic N) is 2. The van der Waals surface area contributed by atoms with Crippen molar-refractivity contribution in [1.82, 2.24) is 0 Å². The third-order valence-corrected chi connectivity index (χ3v) is 2.52.